The molecule has 7 nitrogen and oxygen atoms in total. The van der Waals surface area contributed by atoms with Gasteiger partial charge in [-0.05, 0) is 48.9 Å². The molecule has 6 rings (SSSR count). The Balaban J connectivity index is 1.14. The minimum atomic E-state index is -0.349. The van der Waals surface area contributed by atoms with Crippen LogP contribution in [0, 0.1) is 11.7 Å². The molecular weight excluding hydrogens is 431 g/mol. The van der Waals surface area contributed by atoms with Crippen LogP contribution in [0.4, 0.5) is 10.2 Å². The van der Waals surface area contributed by atoms with E-state index in [2.05, 4.69) is 32.4 Å². The number of imidazole rings is 1. The second kappa shape index (κ2) is 8.52. The van der Waals surface area contributed by atoms with Gasteiger partial charge in [0.1, 0.15) is 23.0 Å². The van der Waals surface area contributed by atoms with E-state index in [1.54, 1.807) is 22.9 Å². The topological polar surface area (TPSA) is 75.4 Å². The number of anilines is 1. The van der Waals surface area contributed by atoms with Gasteiger partial charge in [0.25, 0.3) is 0 Å². The lowest BCUT2D eigenvalue weighted by Crippen LogP contribution is -2.46. The Morgan fingerprint density at radius 2 is 1.97 bits per heavy atom. The Bertz CT molecular complexity index is 1340. The van der Waals surface area contributed by atoms with Crippen LogP contribution < -0.4 is 5.32 Å². The number of pyridine rings is 1. The third kappa shape index (κ3) is 4.00. The van der Waals surface area contributed by atoms with Crippen LogP contribution in [-0.2, 0) is 4.79 Å². The highest BCUT2D eigenvalue weighted by atomic mass is 19.1. The molecule has 0 unspecified atom stereocenters. The third-order valence-corrected chi connectivity index (χ3v) is 6.77. The number of hydrogen-bond acceptors (Lipinski definition) is 5. The van der Waals surface area contributed by atoms with Gasteiger partial charge in [0.05, 0.1) is 6.20 Å². The first-order valence-electron chi connectivity index (χ1n) is 11.7. The van der Waals surface area contributed by atoms with Crippen molar-refractivity contribution in [1.82, 2.24) is 24.3 Å². The molecule has 0 spiro atoms. The molecule has 4 heterocycles. The maximum Gasteiger partial charge on any atom is 0.226 e. The number of nitrogens with zero attached hydrogens (tertiary/aromatic N) is 5. The van der Waals surface area contributed by atoms with Gasteiger partial charge in [0.2, 0.25) is 5.91 Å². The lowest BCUT2D eigenvalue weighted by atomic mass is 10.0. The molecule has 1 saturated heterocycles. The fourth-order valence-electron chi connectivity index (χ4n) is 4.96. The van der Waals surface area contributed by atoms with Crippen LogP contribution in [0.2, 0.25) is 0 Å². The van der Waals surface area contributed by atoms with E-state index >= 15 is 0 Å². The van der Waals surface area contributed by atoms with Crippen molar-refractivity contribution in [3.63, 3.8) is 0 Å². The van der Waals surface area contributed by atoms with Gasteiger partial charge in [-0.3, -0.25) is 9.20 Å². The van der Waals surface area contributed by atoms with Crippen LogP contribution in [0.1, 0.15) is 30.7 Å². The summed E-state index contributed by atoms with van der Waals surface area (Å²) in [4.78, 5) is 28.5. The summed E-state index contributed by atoms with van der Waals surface area (Å²) in [6.45, 7) is 1.47. The summed E-state index contributed by atoms with van der Waals surface area (Å²) in [5.41, 5.74) is 2.52. The quantitative estimate of drug-likeness (QED) is 0.489. The van der Waals surface area contributed by atoms with Crippen molar-refractivity contribution in [3.05, 3.63) is 78.5 Å². The first-order valence-corrected chi connectivity index (χ1v) is 11.7. The van der Waals surface area contributed by atoms with Crippen LogP contribution in [-0.4, -0.2) is 49.3 Å². The number of benzene rings is 1. The largest absolute Gasteiger partial charge is 0.365 e. The highest BCUT2D eigenvalue weighted by Gasteiger charge is 2.46. The van der Waals surface area contributed by atoms with Gasteiger partial charge in [-0.15, -0.1) is 0 Å². The lowest BCUT2D eigenvalue weighted by Gasteiger charge is -2.33. The highest BCUT2D eigenvalue weighted by Crippen LogP contribution is 2.48. The molecular formula is C26H25FN6O. The maximum absolute atomic E-state index is 13.7. The predicted molar refractivity (Wildman–Crippen MR) is 127 cm³/mol. The summed E-state index contributed by atoms with van der Waals surface area (Å²) in [5.74, 6) is 1.51. The molecule has 3 aromatic heterocycles. The number of halogens is 1. The first-order chi connectivity index (χ1) is 16.7. The number of carbonyl (C=O) groups excluding carboxylic acids is 1. The summed E-state index contributed by atoms with van der Waals surface area (Å²) < 4.78 is 15.4. The third-order valence-electron chi connectivity index (χ3n) is 6.77. The second-order valence-corrected chi connectivity index (χ2v) is 9.11. The number of rotatable bonds is 5. The van der Waals surface area contributed by atoms with Crippen molar-refractivity contribution >= 4 is 17.4 Å². The zero-order valence-corrected chi connectivity index (χ0v) is 18.6. The number of carbonyl (C=O) groups is 1. The van der Waals surface area contributed by atoms with E-state index in [4.69, 9.17) is 0 Å². The van der Waals surface area contributed by atoms with E-state index in [0.717, 1.165) is 25.8 Å². The van der Waals surface area contributed by atoms with Gasteiger partial charge < -0.3 is 10.2 Å². The molecule has 1 N–H and O–H groups in total. The number of hydrogen-bond donors (Lipinski definition) is 1. The Kier molecular flexibility index (Phi) is 5.20. The van der Waals surface area contributed by atoms with E-state index in [9.17, 15) is 9.18 Å². The average molecular weight is 457 g/mol. The van der Waals surface area contributed by atoms with Crippen LogP contribution in [0.5, 0.6) is 0 Å². The van der Waals surface area contributed by atoms with E-state index in [1.807, 2.05) is 29.2 Å². The molecule has 0 bridgehead atoms. The molecule has 2 aliphatic rings. The van der Waals surface area contributed by atoms with Gasteiger partial charge >= 0.3 is 0 Å². The van der Waals surface area contributed by atoms with Crippen molar-refractivity contribution in [2.45, 2.75) is 31.2 Å². The Hall–Kier alpha value is -3.81. The molecule has 1 aliphatic carbocycles. The van der Waals surface area contributed by atoms with Gasteiger partial charge in [-0.25, -0.2) is 19.3 Å². The Labute approximate surface area is 196 Å². The monoisotopic (exact) mass is 456 g/mol. The molecule has 8 heteroatoms. The van der Waals surface area contributed by atoms with Crippen LogP contribution in [0.25, 0.3) is 17.2 Å². The molecule has 1 amide bonds. The molecule has 1 aliphatic heterocycles. The number of aromatic nitrogens is 4. The fourth-order valence-corrected chi connectivity index (χ4v) is 4.96. The number of amides is 1. The maximum atomic E-state index is 13.7. The van der Waals surface area contributed by atoms with E-state index in [0.29, 0.717) is 35.4 Å². The SMILES string of the molecule is O=C([C@@H]1C[C@H]1c1ccccc1)N1CCC[C@@H](Nc2ccnc(-c3cnc4ccc(F)cn34)n2)C1. The fraction of sp³-hybridized carbons (Fsp3) is 0.308. The summed E-state index contributed by atoms with van der Waals surface area (Å²) in [5, 5.41) is 3.48. The summed E-state index contributed by atoms with van der Waals surface area (Å²) in [7, 11) is 0. The molecule has 1 aromatic carbocycles. The average Bonchev–Trinajstić information content (AvgIpc) is 3.57. The van der Waals surface area contributed by atoms with E-state index in [-0.39, 0.29) is 23.7 Å². The normalized spacial score (nSPS) is 22.0. The molecule has 2 fully saturated rings. The standard InChI is InChI=1S/C26H25FN6O/c27-18-8-9-24-29-14-22(33(24)15-18)25-28-11-10-23(31-25)30-19-7-4-12-32(16-19)26(34)21-13-20(21)17-5-2-1-3-6-17/h1-3,5-6,8-11,14-15,19-21H,4,7,12-13,16H2,(H,28,30,31)/t19-,20+,21-/m1/s1. The van der Waals surface area contributed by atoms with Crippen molar-refractivity contribution in [2.24, 2.45) is 5.92 Å². The first kappa shape index (κ1) is 20.8. The molecule has 3 atom stereocenters. The van der Waals surface area contributed by atoms with Crippen LogP contribution in [0.3, 0.4) is 0 Å². The minimum Gasteiger partial charge on any atom is -0.365 e. The highest BCUT2D eigenvalue weighted by molar-refractivity contribution is 5.83. The van der Waals surface area contributed by atoms with Crippen molar-refractivity contribution in [2.75, 3.05) is 18.4 Å². The van der Waals surface area contributed by atoms with Crippen molar-refractivity contribution in [3.8, 4) is 11.5 Å². The molecule has 1 saturated carbocycles. The zero-order valence-electron chi connectivity index (χ0n) is 18.6. The van der Waals surface area contributed by atoms with Gasteiger partial charge in [0.15, 0.2) is 5.82 Å². The molecule has 4 aromatic rings. The Morgan fingerprint density at radius 1 is 1.09 bits per heavy atom. The number of fused-ring (bicyclic) bond motifs is 1. The second-order valence-electron chi connectivity index (χ2n) is 9.11. The van der Waals surface area contributed by atoms with Crippen LogP contribution in [0.15, 0.2) is 67.1 Å². The summed E-state index contributed by atoms with van der Waals surface area (Å²) >= 11 is 0. The number of likely N-dealkylation sites (tertiary alicyclic amines) is 1. The van der Waals surface area contributed by atoms with Crippen LogP contribution >= 0.6 is 0 Å². The van der Waals surface area contributed by atoms with Gasteiger partial charge in [-0.2, -0.15) is 0 Å². The minimum absolute atomic E-state index is 0.0994. The number of piperidine rings is 1. The summed E-state index contributed by atoms with van der Waals surface area (Å²) in [6.07, 6.45) is 7.57. The van der Waals surface area contributed by atoms with Gasteiger partial charge in [0, 0.05) is 37.4 Å². The van der Waals surface area contributed by atoms with E-state index in [1.165, 1.54) is 17.8 Å². The predicted octanol–water partition coefficient (Wildman–Crippen LogP) is 4.14. The molecule has 0 radical (unpaired) electrons. The van der Waals surface area contributed by atoms with Crippen molar-refractivity contribution < 1.29 is 9.18 Å². The zero-order chi connectivity index (χ0) is 23.1. The lowest BCUT2D eigenvalue weighted by molar-refractivity contribution is -0.133. The smallest absolute Gasteiger partial charge is 0.226 e. The Morgan fingerprint density at radius 3 is 2.85 bits per heavy atom. The van der Waals surface area contributed by atoms with Gasteiger partial charge in [-0.1, -0.05) is 30.3 Å². The summed E-state index contributed by atoms with van der Waals surface area (Å²) in [6, 6.07) is 15.3. The van der Waals surface area contributed by atoms with E-state index < -0.39 is 0 Å². The van der Waals surface area contributed by atoms with Crippen molar-refractivity contribution in [1.29, 1.82) is 0 Å². The number of nitrogens with one attached hydrogen (secondary N) is 1. The molecule has 172 valence electrons. The molecule has 34 heavy (non-hydrogen) atoms.